The predicted molar refractivity (Wildman–Crippen MR) is 78.8 cm³/mol. The summed E-state index contributed by atoms with van der Waals surface area (Å²) in [4.78, 5) is 2.36. The molecular formula is C14H21BrN2O. The Morgan fingerprint density at radius 3 is 2.67 bits per heavy atom. The number of hydrogen-bond acceptors (Lipinski definition) is 3. The van der Waals surface area contributed by atoms with Gasteiger partial charge in [-0.2, -0.15) is 0 Å². The van der Waals surface area contributed by atoms with E-state index in [-0.39, 0.29) is 12.6 Å². The molecule has 2 rings (SSSR count). The van der Waals surface area contributed by atoms with Gasteiger partial charge in [0, 0.05) is 35.9 Å². The van der Waals surface area contributed by atoms with Gasteiger partial charge in [-0.1, -0.05) is 15.9 Å². The van der Waals surface area contributed by atoms with Gasteiger partial charge >= 0.3 is 0 Å². The highest BCUT2D eigenvalue weighted by Crippen LogP contribution is 2.26. The predicted octanol–water partition coefficient (Wildman–Crippen LogP) is 2.38. The summed E-state index contributed by atoms with van der Waals surface area (Å²) in [6.07, 6.45) is 3.02. The van der Waals surface area contributed by atoms with Crippen LogP contribution < -0.4 is 10.6 Å². The first kappa shape index (κ1) is 13.8. The van der Waals surface area contributed by atoms with Gasteiger partial charge in [0.15, 0.2) is 0 Å². The SMILES string of the molecule is NC1CC(CCCO)CN(c2ccc(Br)cc2)C1. The van der Waals surface area contributed by atoms with E-state index in [9.17, 15) is 0 Å². The van der Waals surface area contributed by atoms with E-state index in [2.05, 4.69) is 45.1 Å². The summed E-state index contributed by atoms with van der Waals surface area (Å²) in [5.41, 5.74) is 7.38. The molecule has 1 saturated heterocycles. The Hall–Kier alpha value is -0.580. The van der Waals surface area contributed by atoms with E-state index in [1.54, 1.807) is 0 Å². The Morgan fingerprint density at radius 2 is 2.00 bits per heavy atom. The second kappa shape index (κ2) is 6.55. The van der Waals surface area contributed by atoms with Crippen LogP contribution in [0.3, 0.4) is 0 Å². The molecule has 0 bridgehead atoms. The number of hydrogen-bond donors (Lipinski definition) is 2. The first-order chi connectivity index (χ1) is 8.69. The van der Waals surface area contributed by atoms with Crippen molar-refractivity contribution in [3.8, 4) is 0 Å². The van der Waals surface area contributed by atoms with Crippen LogP contribution in [-0.4, -0.2) is 30.8 Å². The molecule has 0 saturated carbocycles. The third kappa shape index (κ3) is 3.70. The Labute approximate surface area is 117 Å². The zero-order valence-electron chi connectivity index (χ0n) is 10.6. The first-order valence-corrected chi connectivity index (χ1v) is 7.35. The molecule has 3 nitrogen and oxygen atoms in total. The third-order valence-electron chi connectivity index (χ3n) is 3.53. The molecule has 0 aromatic heterocycles. The lowest BCUT2D eigenvalue weighted by Gasteiger charge is -2.38. The van der Waals surface area contributed by atoms with Crippen LogP contribution in [0, 0.1) is 5.92 Å². The van der Waals surface area contributed by atoms with Crippen molar-refractivity contribution < 1.29 is 5.11 Å². The summed E-state index contributed by atoms with van der Waals surface area (Å²) < 4.78 is 1.10. The van der Waals surface area contributed by atoms with Gasteiger partial charge in [-0.25, -0.2) is 0 Å². The minimum Gasteiger partial charge on any atom is -0.396 e. The van der Waals surface area contributed by atoms with Crippen LogP contribution in [0.25, 0.3) is 0 Å². The Kier molecular flexibility index (Phi) is 5.03. The van der Waals surface area contributed by atoms with Crippen molar-refractivity contribution in [3.05, 3.63) is 28.7 Å². The van der Waals surface area contributed by atoms with Crippen LogP contribution >= 0.6 is 15.9 Å². The van der Waals surface area contributed by atoms with Gasteiger partial charge in [-0.15, -0.1) is 0 Å². The largest absolute Gasteiger partial charge is 0.396 e. The Bertz CT molecular complexity index is 369. The monoisotopic (exact) mass is 312 g/mol. The highest BCUT2D eigenvalue weighted by Gasteiger charge is 2.24. The van der Waals surface area contributed by atoms with E-state index in [0.717, 1.165) is 36.8 Å². The van der Waals surface area contributed by atoms with Crippen molar-refractivity contribution in [2.24, 2.45) is 11.7 Å². The van der Waals surface area contributed by atoms with Gasteiger partial charge < -0.3 is 15.7 Å². The molecule has 0 aliphatic carbocycles. The van der Waals surface area contributed by atoms with Crippen LogP contribution in [0.1, 0.15) is 19.3 Å². The van der Waals surface area contributed by atoms with Gasteiger partial charge in [-0.05, 0) is 49.4 Å². The number of benzene rings is 1. The Balaban J connectivity index is 2.01. The van der Waals surface area contributed by atoms with Crippen LogP contribution in [0.15, 0.2) is 28.7 Å². The molecule has 0 amide bonds. The van der Waals surface area contributed by atoms with Gasteiger partial charge in [0.05, 0.1) is 0 Å². The molecule has 2 atom stereocenters. The molecule has 2 unspecified atom stereocenters. The molecule has 3 N–H and O–H groups in total. The minimum absolute atomic E-state index is 0.242. The maximum Gasteiger partial charge on any atom is 0.0431 e. The van der Waals surface area contributed by atoms with E-state index in [4.69, 9.17) is 10.8 Å². The van der Waals surface area contributed by atoms with Crippen molar-refractivity contribution >= 4 is 21.6 Å². The lowest BCUT2D eigenvalue weighted by Crippen LogP contribution is -2.47. The van der Waals surface area contributed by atoms with Crippen molar-refractivity contribution in [3.63, 3.8) is 0 Å². The average molecular weight is 313 g/mol. The minimum atomic E-state index is 0.242. The summed E-state index contributed by atoms with van der Waals surface area (Å²) in [5, 5.41) is 8.93. The summed E-state index contributed by atoms with van der Waals surface area (Å²) in [6, 6.07) is 8.64. The summed E-state index contributed by atoms with van der Waals surface area (Å²) in [5.74, 6) is 0.601. The van der Waals surface area contributed by atoms with E-state index in [1.165, 1.54) is 5.69 Å². The van der Waals surface area contributed by atoms with Crippen molar-refractivity contribution in [1.29, 1.82) is 0 Å². The van der Waals surface area contributed by atoms with Gasteiger partial charge in [-0.3, -0.25) is 0 Å². The van der Waals surface area contributed by atoms with Crippen LogP contribution in [0.2, 0.25) is 0 Å². The smallest absolute Gasteiger partial charge is 0.0431 e. The van der Waals surface area contributed by atoms with Crippen LogP contribution in [0.5, 0.6) is 0 Å². The fourth-order valence-corrected chi connectivity index (χ4v) is 2.96. The molecule has 1 aromatic rings. The highest BCUT2D eigenvalue weighted by atomic mass is 79.9. The number of aliphatic hydroxyl groups is 1. The van der Waals surface area contributed by atoms with Crippen molar-refractivity contribution in [2.45, 2.75) is 25.3 Å². The normalized spacial score (nSPS) is 24.3. The second-order valence-corrected chi connectivity index (χ2v) is 6.02. The van der Waals surface area contributed by atoms with Gasteiger partial charge in [0.1, 0.15) is 0 Å². The lowest BCUT2D eigenvalue weighted by molar-refractivity contribution is 0.259. The molecule has 1 aliphatic heterocycles. The van der Waals surface area contributed by atoms with E-state index in [0.29, 0.717) is 5.92 Å². The molecule has 1 aliphatic rings. The van der Waals surface area contributed by atoms with Crippen molar-refractivity contribution in [1.82, 2.24) is 0 Å². The maximum atomic E-state index is 8.93. The summed E-state index contributed by atoms with van der Waals surface area (Å²) in [6.45, 7) is 2.26. The number of aliphatic hydroxyl groups excluding tert-OH is 1. The molecule has 0 spiro atoms. The summed E-state index contributed by atoms with van der Waals surface area (Å²) >= 11 is 3.46. The molecule has 4 heteroatoms. The molecule has 100 valence electrons. The molecule has 1 fully saturated rings. The number of anilines is 1. The number of nitrogens with zero attached hydrogens (tertiary/aromatic N) is 1. The molecule has 18 heavy (non-hydrogen) atoms. The lowest BCUT2D eigenvalue weighted by atomic mass is 9.90. The topological polar surface area (TPSA) is 49.5 Å². The number of piperidine rings is 1. The van der Waals surface area contributed by atoms with E-state index in [1.807, 2.05) is 0 Å². The van der Waals surface area contributed by atoms with Gasteiger partial charge in [0.2, 0.25) is 0 Å². The van der Waals surface area contributed by atoms with Crippen LogP contribution in [0.4, 0.5) is 5.69 Å². The Morgan fingerprint density at radius 1 is 1.28 bits per heavy atom. The standard InChI is InChI=1S/C14H21BrN2O/c15-12-3-5-14(6-4-12)17-9-11(2-1-7-18)8-13(16)10-17/h3-6,11,13,18H,1-2,7-10,16H2. The maximum absolute atomic E-state index is 8.93. The highest BCUT2D eigenvalue weighted by molar-refractivity contribution is 9.10. The third-order valence-corrected chi connectivity index (χ3v) is 4.06. The van der Waals surface area contributed by atoms with Crippen LogP contribution in [-0.2, 0) is 0 Å². The number of nitrogens with two attached hydrogens (primary N) is 1. The second-order valence-electron chi connectivity index (χ2n) is 5.11. The summed E-state index contributed by atoms with van der Waals surface area (Å²) in [7, 11) is 0. The fraction of sp³-hybridized carbons (Fsp3) is 0.571. The first-order valence-electron chi connectivity index (χ1n) is 6.56. The number of rotatable bonds is 4. The zero-order chi connectivity index (χ0) is 13.0. The number of halogens is 1. The molecule has 0 radical (unpaired) electrons. The molecular weight excluding hydrogens is 292 g/mol. The zero-order valence-corrected chi connectivity index (χ0v) is 12.1. The van der Waals surface area contributed by atoms with Gasteiger partial charge in [0.25, 0.3) is 0 Å². The average Bonchev–Trinajstić information content (AvgIpc) is 2.36. The van der Waals surface area contributed by atoms with Crippen molar-refractivity contribution in [2.75, 3.05) is 24.6 Å². The quantitative estimate of drug-likeness (QED) is 0.897. The van der Waals surface area contributed by atoms with E-state index < -0.39 is 0 Å². The molecule has 1 aromatic carbocycles. The molecule has 1 heterocycles. The fourth-order valence-electron chi connectivity index (χ4n) is 2.70. The van der Waals surface area contributed by atoms with E-state index >= 15 is 0 Å².